The van der Waals surface area contributed by atoms with Gasteiger partial charge in [0.05, 0.1) is 11.1 Å². The molecule has 0 saturated heterocycles. The number of nitrogens with one attached hydrogen (secondary N) is 2. The largest absolute Gasteiger partial charge is 0.417 e. The van der Waals surface area contributed by atoms with Crippen molar-refractivity contribution in [1.82, 2.24) is 0 Å². The number of hydrogen-bond acceptors (Lipinski definition) is 4. The summed E-state index contributed by atoms with van der Waals surface area (Å²) in [6.45, 7) is 0. The van der Waals surface area contributed by atoms with Crippen LogP contribution in [-0.4, -0.2) is 11.8 Å². The third kappa shape index (κ3) is 6.34. The first-order valence-electron chi connectivity index (χ1n) is 11.5. The van der Waals surface area contributed by atoms with E-state index in [9.17, 15) is 35.9 Å². The van der Waals surface area contributed by atoms with E-state index in [0.717, 1.165) is 24.3 Å². The minimum atomic E-state index is -5.07. The van der Waals surface area contributed by atoms with Crippen LogP contribution in [0.4, 0.5) is 49.1 Å². The van der Waals surface area contributed by atoms with Gasteiger partial charge in [0.1, 0.15) is 0 Å². The van der Waals surface area contributed by atoms with Gasteiger partial charge >= 0.3 is 12.4 Å². The molecule has 12 heteroatoms. The Bertz CT molecular complexity index is 1450. The number of rotatable bonds is 5. The zero-order valence-corrected chi connectivity index (χ0v) is 20.3. The molecule has 0 heterocycles. The number of halogens is 6. The molecule has 0 unspecified atom stereocenters. The molecule has 6 nitrogen and oxygen atoms in total. The molecule has 0 aromatic heterocycles. The molecular formula is C28H20F6N4O2. The van der Waals surface area contributed by atoms with Crippen molar-refractivity contribution in [3.05, 3.63) is 107 Å². The summed E-state index contributed by atoms with van der Waals surface area (Å²) in [7, 11) is 0. The Hall–Kier alpha value is -5.00. The normalized spacial score (nSPS) is 11.7. The van der Waals surface area contributed by atoms with Gasteiger partial charge in [0, 0.05) is 33.9 Å². The number of alkyl halides is 6. The number of hydrogen-bond donors (Lipinski definition) is 4. The lowest BCUT2D eigenvalue weighted by Crippen LogP contribution is -2.16. The Balaban J connectivity index is 1.71. The Morgan fingerprint density at radius 3 is 1.15 bits per heavy atom. The molecular weight excluding hydrogens is 538 g/mol. The summed E-state index contributed by atoms with van der Waals surface area (Å²) in [5.74, 6) is -1.48. The summed E-state index contributed by atoms with van der Waals surface area (Å²) in [5.41, 5.74) is 7.23. The van der Waals surface area contributed by atoms with E-state index < -0.39 is 46.4 Å². The van der Waals surface area contributed by atoms with E-state index in [1.807, 2.05) is 0 Å². The molecule has 0 radical (unpaired) electrons. The Labute approximate surface area is 223 Å². The van der Waals surface area contributed by atoms with E-state index in [0.29, 0.717) is 23.5 Å². The quantitative estimate of drug-likeness (QED) is 0.155. The molecule has 0 aliphatic carbocycles. The molecule has 0 fully saturated rings. The minimum Gasteiger partial charge on any atom is -0.399 e. The van der Waals surface area contributed by atoms with E-state index in [1.165, 1.54) is 48.5 Å². The molecule has 4 aromatic rings. The number of carbonyl (C=O) groups excluding carboxylic acids is 2. The second-order valence-corrected chi connectivity index (χ2v) is 8.67. The van der Waals surface area contributed by atoms with Crippen LogP contribution in [0.15, 0.2) is 84.9 Å². The topological polar surface area (TPSA) is 110 Å². The van der Waals surface area contributed by atoms with Crippen molar-refractivity contribution in [1.29, 1.82) is 0 Å². The van der Waals surface area contributed by atoms with Crippen LogP contribution in [0.2, 0.25) is 0 Å². The number of nitrogen functional groups attached to an aromatic ring is 2. The maximum atomic E-state index is 14.0. The molecule has 40 heavy (non-hydrogen) atoms. The van der Waals surface area contributed by atoms with Gasteiger partial charge in [-0.2, -0.15) is 26.3 Å². The molecule has 0 aliphatic heterocycles. The third-order valence-electron chi connectivity index (χ3n) is 5.80. The number of carbonyl (C=O) groups is 2. The smallest absolute Gasteiger partial charge is 0.399 e. The van der Waals surface area contributed by atoms with E-state index in [4.69, 9.17) is 11.5 Å². The highest BCUT2D eigenvalue weighted by atomic mass is 19.4. The van der Waals surface area contributed by atoms with Crippen molar-refractivity contribution in [2.45, 2.75) is 12.4 Å². The summed E-state index contributed by atoms with van der Waals surface area (Å²) in [4.78, 5) is 24.9. The molecule has 206 valence electrons. The van der Waals surface area contributed by atoms with Crippen molar-refractivity contribution in [3.8, 4) is 11.1 Å². The Kier molecular flexibility index (Phi) is 7.45. The first kappa shape index (κ1) is 28.0. The molecule has 0 saturated carbocycles. The fourth-order valence-electron chi connectivity index (χ4n) is 3.86. The molecule has 0 atom stereocenters. The highest BCUT2D eigenvalue weighted by Crippen LogP contribution is 2.44. The second-order valence-electron chi connectivity index (χ2n) is 8.67. The Morgan fingerprint density at radius 2 is 0.850 bits per heavy atom. The predicted molar refractivity (Wildman–Crippen MR) is 139 cm³/mol. The van der Waals surface area contributed by atoms with Crippen LogP contribution in [-0.2, 0) is 12.4 Å². The zero-order chi connectivity index (χ0) is 29.2. The van der Waals surface area contributed by atoms with Crippen molar-refractivity contribution < 1.29 is 35.9 Å². The highest BCUT2D eigenvalue weighted by molar-refractivity contribution is 6.05. The van der Waals surface area contributed by atoms with Gasteiger partial charge in [-0.15, -0.1) is 0 Å². The van der Waals surface area contributed by atoms with Crippen LogP contribution in [0.1, 0.15) is 31.8 Å². The number of amides is 2. The molecule has 4 rings (SSSR count). The van der Waals surface area contributed by atoms with Gasteiger partial charge in [0.25, 0.3) is 11.8 Å². The summed E-state index contributed by atoms with van der Waals surface area (Å²) in [6.07, 6.45) is -10.1. The third-order valence-corrected chi connectivity index (χ3v) is 5.80. The lowest BCUT2D eigenvalue weighted by molar-refractivity contribution is -0.139. The zero-order valence-electron chi connectivity index (χ0n) is 20.3. The van der Waals surface area contributed by atoms with Gasteiger partial charge in [0.2, 0.25) is 0 Å². The van der Waals surface area contributed by atoms with Crippen molar-refractivity contribution in [2.24, 2.45) is 0 Å². The lowest BCUT2D eigenvalue weighted by atomic mass is 9.93. The van der Waals surface area contributed by atoms with Crippen LogP contribution >= 0.6 is 0 Å². The molecule has 2 amide bonds. The lowest BCUT2D eigenvalue weighted by Gasteiger charge is -2.20. The van der Waals surface area contributed by atoms with Crippen molar-refractivity contribution >= 4 is 34.6 Å². The fraction of sp³-hybridized carbons (Fsp3) is 0.0714. The first-order chi connectivity index (χ1) is 18.7. The molecule has 6 N–H and O–H groups in total. The van der Waals surface area contributed by atoms with E-state index in [-0.39, 0.29) is 22.5 Å². The maximum Gasteiger partial charge on any atom is 0.417 e. The number of anilines is 4. The van der Waals surface area contributed by atoms with Crippen LogP contribution in [0, 0.1) is 0 Å². The number of nitrogens with two attached hydrogens (primary N) is 2. The van der Waals surface area contributed by atoms with Crippen molar-refractivity contribution in [3.63, 3.8) is 0 Å². The van der Waals surface area contributed by atoms with Crippen LogP contribution in [0.5, 0.6) is 0 Å². The monoisotopic (exact) mass is 558 g/mol. The Morgan fingerprint density at radius 1 is 0.525 bits per heavy atom. The summed E-state index contributed by atoms with van der Waals surface area (Å²) in [5, 5.41) is 4.61. The summed E-state index contributed by atoms with van der Waals surface area (Å²) >= 11 is 0. The molecule has 4 aromatic carbocycles. The van der Waals surface area contributed by atoms with E-state index in [2.05, 4.69) is 10.6 Å². The van der Waals surface area contributed by atoms with Gasteiger partial charge in [-0.1, -0.05) is 12.1 Å². The van der Waals surface area contributed by atoms with E-state index >= 15 is 0 Å². The van der Waals surface area contributed by atoms with Gasteiger partial charge in [-0.05, 0) is 83.9 Å². The fourth-order valence-corrected chi connectivity index (χ4v) is 3.86. The van der Waals surface area contributed by atoms with Gasteiger partial charge in [0.15, 0.2) is 0 Å². The van der Waals surface area contributed by atoms with Crippen LogP contribution in [0.3, 0.4) is 0 Å². The molecule has 0 aliphatic rings. The maximum absolute atomic E-state index is 14.0. The minimum absolute atomic E-state index is 0.114. The average molecular weight is 558 g/mol. The van der Waals surface area contributed by atoms with Gasteiger partial charge in [-0.25, -0.2) is 0 Å². The van der Waals surface area contributed by atoms with Crippen LogP contribution < -0.4 is 22.1 Å². The first-order valence-corrected chi connectivity index (χ1v) is 11.5. The predicted octanol–water partition coefficient (Wildman–Crippen LogP) is 7.06. The summed E-state index contributed by atoms with van der Waals surface area (Å²) in [6, 6.07) is 16.1. The van der Waals surface area contributed by atoms with E-state index in [1.54, 1.807) is 0 Å². The molecule has 0 bridgehead atoms. The highest BCUT2D eigenvalue weighted by Gasteiger charge is 2.39. The average Bonchev–Trinajstić information content (AvgIpc) is 2.88. The standard InChI is InChI=1S/C28H20F6N4O2/c29-27(30,31)23-13-19(37-25(39)15-1-5-17(35)6-2-15)9-11-21(23)22-12-10-20(14-24(22)28(32,33)34)38-26(40)16-3-7-18(36)8-4-16/h1-14H,35-36H2,(H,37,39)(H,38,40). The summed E-state index contributed by atoms with van der Waals surface area (Å²) < 4.78 is 84.2. The molecule has 0 spiro atoms. The second kappa shape index (κ2) is 10.6. The van der Waals surface area contributed by atoms with Gasteiger partial charge in [-0.3, -0.25) is 9.59 Å². The van der Waals surface area contributed by atoms with Crippen LogP contribution in [0.25, 0.3) is 11.1 Å². The number of benzene rings is 4. The van der Waals surface area contributed by atoms with Crippen molar-refractivity contribution in [2.75, 3.05) is 22.1 Å². The van der Waals surface area contributed by atoms with Gasteiger partial charge < -0.3 is 22.1 Å². The SMILES string of the molecule is Nc1ccc(C(=O)Nc2ccc(-c3ccc(NC(=O)c4ccc(N)cc4)cc3C(F)(F)F)c(C(F)(F)F)c2)cc1.